The standard InChI is InChI=1S/C21H21N3O4/c1-14(17-13-16(27-2)9-11-19(17)28-3)22-21(26)18-10-12-20(25)24(23-18)15-7-5-4-6-8-15/h4-14H,1-3H3,(H,22,26). The van der Waals surface area contributed by atoms with Crippen LogP contribution in [0.4, 0.5) is 0 Å². The lowest BCUT2D eigenvalue weighted by molar-refractivity contribution is 0.0932. The number of methoxy groups -OCH3 is 2. The Morgan fingerprint density at radius 2 is 1.79 bits per heavy atom. The highest BCUT2D eigenvalue weighted by Crippen LogP contribution is 2.29. The number of carbonyl (C=O) groups excluding carboxylic acids is 1. The number of amides is 1. The lowest BCUT2D eigenvalue weighted by Gasteiger charge is -2.18. The summed E-state index contributed by atoms with van der Waals surface area (Å²) in [5, 5.41) is 7.09. The quantitative estimate of drug-likeness (QED) is 0.712. The molecule has 1 heterocycles. The average molecular weight is 379 g/mol. The van der Waals surface area contributed by atoms with Gasteiger partial charge in [-0.2, -0.15) is 9.78 Å². The van der Waals surface area contributed by atoms with Gasteiger partial charge in [0.1, 0.15) is 17.2 Å². The van der Waals surface area contributed by atoms with E-state index in [0.29, 0.717) is 17.2 Å². The number of rotatable bonds is 6. The first kappa shape index (κ1) is 19.2. The van der Waals surface area contributed by atoms with Crippen molar-refractivity contribution >= 4 is 5.91 Å². The molecule has 0 aliphatic carbocycles. The van der Waals surface area contributed by atoms with Crippen molar-refractivity contribution < 1.29 is 14.3 Å². The van der Waals surface area contributed by atoms with Gasteiger partial charge in [0, 0.05) is 11.6 Å². The monoisotopic (exact) mass is 379 g/mol. The Kier molecular flexibility index (Phi) is 5.74. The van der Waals surface area contributed by atoms with E-state index in [4.69, 9.17) is 9.47 Å². The molecule has 3 aromatic rings. The molecule has 28 heavy (non-hydrogen) atoms. The summed E-state index contributed by atoms with van der Waals surface area (Å²) in [5.74, 6) is 0.894. The van der Waals surface area contributed by atoms with E-state index >= 15 is 0 Å². The van der Waals surface area contributed by atoms with Crippen molar-refractivity contribution in [3.63, 3.8) is 0 Å². The van der Waals surface area contributed by atoms with Crippen molar-refractivity contribution in [3.8, 4) is 17.2 Å². The zero-order valence-electron chi connectivity index (χ0n) is 15.9. The summed E-state index contributed by atoms with van der Waals surface area (Å²) in [4.78, 5) is 24.8. The first-order valence-electron chi connectivity index (χ1n) is 8.72. The molecule has 0 saturated carbocycles. The van der Waals surface area contributed by atoms with E-state index in [9.17, 15) is 9.59 Å². The highest BCUT2D eigenvalue weighted by atomic mass is 16.5. The summed E-state index contributed by atoms with van der Waals surface area (Å²) >= 11 is 0. The van der Waals surface area contributed by atoms with Gasteiger partial charge in [0.25, 0.3) is 11.5 Å². The third-order valence-electron chi connectivity index (χ3n) is 4.28. The molecule has 144 valence electrons. The van der Waals surface area contributed by atoms with Gasteiger partial charge >= 0.3 is 0 Å². The molecule has 1 aromatic heterocycles. The number of para-hydroxylation sites is 1. The predicted molar refractivity (Wildman–Crippen MR) is 105 cm³/mol. The van der Waals surface area contributed by atoms with Gasteiger partial charge in [0.2, 0.25) is 0 Å². The number of hydrogen-bond donors (Lipinski definition) is 1. The van der Waals surface area contributed by atoms with Crippen molar-refractivity contribution in [2.24, 2.45) is 0 Å². The molecule has 1 unspecified atom stereocenters. The SMILES string of the molecule is COc1ccc(OC)c(C(C)NC(=O)c2ccc(=O)n(-c3ccccc3)n2)c1. The van der Waals surface area contributed by atoms with Crippen LogP contribution in [0.5, 0.6) is 11.5 Å². The number of hydrogen-bond acceptors (Lipinski definition) is 5. The third kappa shape index (κ3) is 4.03. The first-order chi connectivity index (χ1) is 13.5. The summed E-state index contributed by atoms with van der Waals surface area (Å²) in [6.07, 6.45) is 0. The fourth-order valence-electron chi connectivity index (χ4n) is 2.81. The molecule has 0 spiro atoms. The molecule has 0 aliphatic heterocycles. The first-order valence-corrected chi connectivity index (χ1v) is 8.72. The minimum absolute atomic E-state index is 0.136. The Morgan fingerprint density at radius 3 is 2.46 bits per heavy atom. The fraction of sp³-hybridized carbons (Fsp3) is 0.190. The summed E-state index contributed by atoms with van der Waals surface area (Å²) < 4.78 is 11.8. The molecule has 1 amide bonds. The normalized spacial score (nSPS) is 11.5. The highest BCUT2D eigenvalue weighted by Gasteiger charge is 2.18. The average Bonchev–Trinajstić information content (AvgIpc) is 2.74. The molecule has 0 saturated heterocycles. The Labute approximate surface area is 162 Å². The molecule has 7 nitrogen and oxygen atoms in total. The Hall–Kier alpha value is -3.61. The summed E-state index contributed by atoms with van der Waals surface area (Å²) in [5.41, 5.74) is 1.18. The number of aromatic nitrogens is 2. The van der Waals surface area contributed by atoms with Crippen LogP contribution >= 0.6 is 0 Å². The number of nitrogens with one attached hydrogen (secondary N) is 1. The third-order valence-corrected chi connectivity index (χ3v) is 4.28. The molecule has 1 atom stereocenters. The second-order valence-corrected chi connectivity index (χ2v) is 6.11. The smallest absolute Gasteiger partial charge is 0.272 e. The van der Waals surface area contributed by atoms with Gasteiger partial charge in [0.05, 0.1) is 25.9 Å². The van der Waals surface area contributed by atoms with Gasteiger partial charge in [-0.1, -0.05) is 18.2 Å². The van der Waals surface area contributed by atoms with Crippen LogP contribution in [-0.2, 0) is 0 Å². The van der Waals surface area contributed by atoms with E-state index < -0.39 is 5.91 Å². The van der Waals surface area contributed by atoms with Crippen LogP contribution in [0.2, 0.25) is 0 Å². The zero-order chi connectivity index (χ0) is 20.1. The molecule has 0 fully saturated rings. The predicted octanol–water partition coefficient (Wildman–Crippen LogP) is 2.74. The van der Waals surface area contributed by atoms with Crippen LogP contribution in [0.1, 0.15) is 29.0 Å². The van der Waals surface area contributed by atoms with E-state index in [2.05, 4.69) is 10.4 Å². The van der Waals surface area contributed by atoms with Crippen LogP contribution in [0.15, 0.2) is 65.5 Å². The Balaban J connectivity index is 1.87. The van der Waals surface area contributed by atoms with Crippen molar-refractivity contribution in [2.45, 2.75) is 13.0 Å². The number of benzene rings is 2. The lowest BCUT2D eigenvalue weighted by Crippen LogP contribution is -2.30. The van der Waals surface area contributed by atoms with Gasteiger partial charge in [0.15, 0.2) is 0 Å². The van der Waals surface area contributed by atoms with Gasteiger partial charge in [-0.25, -0.2) is 0 Å². The van der Waals surface area contributed by atoms with E-state index in [1.807, 2.05) is 19.1 Å². The molecule has 2 aromatic carbocycles. The lowest BCUT2D eigenvalue weighted by atomic mass is 10.1. The Bertz CT molecular complexity index is 1030. The van der Waals surface area contributed by atoms with Crippen molar-refractivity contribution in [3.05, 3.63) is 82.3 Å². The molecule has 0 aliphatic rings. The maximum Gasteiger partial charge on any atom is 0.272 e. The minimum Gasteiger partial charge on any atom is -0.497 e. The van der Waals surface area contributed by atoms with Crippen LogP contribution in [0.25, 0.3) is 5.69 Å². The van der Waals surface area contributed by atoms with Gasteiger partial charge in [-0.3, -0.25) is 9.59 Å². The van der Waals surface area contributed by atoms with Crippen molar-refractivity contribution in [2.75, 3.05) is 14.2 Å². The number of carbonyl (C=O) groups is 1. The number of ether oxygens (including phenoxy) is 2. The van der Waals surface area contributed by atoms with Crippen molar-refractivity contribution in [1.82, 2.24) is 15.1 Å². The van der Waals surface area contributed by atoms with Crippen LogP contribution < -0.4 is 20.3 Å². The van der Waals surface area contributed by atoms with Gasteiger partial charge in [-0.05, 0) is 43.3 Å². The highest BCUT2D eigenvalue weighted by molar-refractivity contribution is 5.92. The zero-order valence-corrected chi connectivity index (χ0v) is 15.9. The fourth-order valence-corrected chi connectivity index (χ4v) is 2.81. The molecule has 1 N–H and O–H groups in total. The Morgan fingerprint density at radius 1 is 1.04 bits per heavy atom. The molecule has 0 radical (unpaired) electrons. The summed E-state index contributed by atoms with van der Waals surface area (Å²) in [6.45, 7) is 1.84. The molecule has 0 bridgehead atoms. The summed E-state index contributed by atoms with van der Waals surface area (Å²) in [6, 6.07) is 16.7. The van der Waals surface area contributed by atoms with Crippen molar-refractivity contribution in [1.29, 1.82) is 0 Å². The van der Waals surface area contributed by atoms with E-state index in [0.717, 1.165) is 5.56 Å². The van der Waals surface area contributed by atoms with Gasteiger partial charge in [-0.15, -0.1) is 0 Å². The molecular weight excluding hydrogens is 358 g/mol. The second-order valence-electron chi connectivity index (χ2n) is 6.11. The molecular formula is C21H21N3O4. The topological polar surface area (TPSA) is 82.5 Å². The largest absolute Gasteiger partial charge is 0.497 e. The van der Waals surface area contributed by atoms with Crippen LogP contribution in [0.3, 0.4) is 0 Å². The maximum absolute atomic E-state index is 12.7. The summed E-state index contributed by atoms with van der Waals surface area (Å²) in [7, 11) is 3.14. The van der Waals surface area contributed by atoms with E-state index in [-0.39, 0.29) is 17.3 Å². The van der Waals surface area contributed by atoms with E-state index in [1.165, 1.54) is 16.8 Å². The van der Waals surface area contributed by atoms with Gasteiger partial charge < -0.3 is 14.8 Å². The van der Waals surface area contributed by atoms with Crippen LogP contribution in [0, 0.1) is 0 Å². The van der Waals surface area contributed by atoms with E-state index in [1.54, 1.807) is 50.6 Å². The second kappa shape index (κ2) is 8.39. The molecule has 3 rings (SSSR count). The number of nitrogens with zero attached hydrogens (tertiary/aromatic N) is 2. The maximum atomic E-state index is 12.7. The van der Waals surface area contributed by atoms with Crippen LogP contribution in [-0.4, -0.2) is 29.9 Å². The molecule has 7 heteroatoms. The minimum atomic E-state index is -0.401.